The first-order valence-electron chi connectivity index (χ1n) is 14.2. The molecule has 0 radical (unpaired) electrons. The number of carbonyl (C=O) groups excluding carboxylic acids is 1. The van der Waals surface area contributed by atoms with Crippen LogP contribution in [0.15, 0.2) is 36.9 Å². The molecule has 43 heavy (non-hydrogen) atoms. The first-order valence-corrected chi connectivity index (χ1v) is 15.6. The van der Waals surface area contributed by atoms with Crippen LogP contribution in [-0.2, 0) is 24.0 Å². The monoisotopic (exact) mass is 624 g/mol. The van der Waals surface area contributed by atoms with Crippen molar-refractivity contribution in [2.45, 2.75) is 82.3 Å². The van der Waals surface area contributed by atoms with Gasteiger partial charge in [-0.3, -0.25) is 13.5 Å². The predicted octanol–water partition coefficient (Wildman–Crippen LogP) is 2.13. The molecule has 1 fully saturated rings. The van der Waals surface area contributed by atoms with E-state index in [0.29, 0.717) is 13.0 Å². The zero-order chi connectivity index (χ0) is 30.8. The van der Waals surface area contributed by atoms with Gasteiger partial charge < -0.3 is 25.4 Å². The third-order valence-corrected chi connectivity index (χ3v) is 7.94. The summed E-state index contributed by atoms with van der Waals surface area (Å²) in [6.45, 7) is -0.176. The second-order valence-corrected chi connectivity index (χ2v) is 11.6. The van der Waals surface area contributed by atoms with Gasteiger partial charge in [0.05, 0.1) is 19.5 Å². The quantitative estimate of drug-likeness (QED) is 0.160. The number of fused-ring (bicyclic) bond motifs is 1. The Hall–Kier alpha value is -3.44. The molecule has 0 saturated carbocycles. The fraction of sp³-hybridized carbons (Fsp3) is 0.556. The Morgan fingerprint density at radius 1 is 1.02 bits per heavy atom. The highest BCUT2D eigenvalue weighted by molar-refractivity contribution is 7.85. The number of anilines is 1. The van der Waals surface area contributed by atoms with Crippen LogP contribution < -0.4 is 15.2 Å². The zero-order valence-electron chi connectivity index (χ0n) is 23.5. The molecule has 4 rings (SSSR count). The maximum absolute atomic E-state index is 13.5. The number of halogens is 1. The van der Waals surface area contributed by atoms with Crippen LogP contribution in [0.4, 0.5) is 10.2 Å². The van der Waals surface area contributed by atoms with Crippen molar-refractivity contribution in [3.05, 3.63) is 42.7 Å². The molecule has 16 heteroatoms. The average molecular weight is 625 g/mol. The Morgan fingerprint density at radius 2 is 1.72 bits per heavy atom. The van der Waals surface area contributed by atoms with Gasteiger partial charge in [0.25, 0.3) is 0 Å². The summed E-state index contributed by atoms with van der Waals surface area (Å²) in [5.41, 5.74) is 6.31. The van der Waals surface area contributed by atoms with Gasteiger partial charge in [-0.15, -0.1) is 0 Å². The van der Waals surface area contributed by atoms with Crippen LogP contribution in [0.3, 0.4) is 0 Å². The molecule has 236 valence electrons. The Labute approximate surface area is 248 Å². The first kappa shape index (κ1) is 32.5. The molecule has 1 aliphatic heterocycles. The summed E-state index contributed by atoms with van der Waals surface area (Å²) in [5, 5.41) is 20.9. The number of benzene rings is 1. The number of aliphatic hydroxyl groups is 2. The normalized spacial score (nSPS) is 20.4. The largest absolute Gasteiger partial charge is 0.491 e. The van der Waals surface area contributed by atoms with Gasteiger partial charge in [-0.1, -0.05) is 50.7 Å². The SMILES string of the molecule is Nc1ncnc2c1ncn2[C@@H]1O[C@H](COS(=O)(=O)NC(=O)CCCCCCCCCCOc2ccccc2F)[C@@H](O)[C@H]1O. The van der Waals surface area contributed by atoms with Crippen LogP contribution in [0.25, 0.3) is 11.2 Å². The highest BCUT2D eigenvalue weighted by Crippen LogP contribution is 2.32. The Balaban J connectivity index is 1.07. The molecule has 0 unspecified atom stereocenters. The van der Waals surface area contributed by atoms with Crippen LogP contribution in [0.1, 0.15) is 64.0 Å². The van der Waals surface area contributed by atoms with E-state index < -0.39 is 47.4 Å². The van der Waals surface area contributed by atoms with Gasteiger partial charge in [0.2, 0.25) is 5.91 Å². The minimum Gasteiger partial charge on any atom is -0.491 e. The summed E-state index contributed by atoms with van der Waals surface area (Å²) in [6, 6.07) is 6.32. The smallest absolute Gasteiger partial charge is 0.362 e. The Bertz CT molecular complexity index is 1460. The lowest BCUT2D eigenvalue weighted by Crippen LogP contribution is -2.37. The molecule has 2 aromatic heterocycles. The van der Waals surface area contributed by atoms with Crippen molar-refractivity contribution in [2.24, 2.45) is 0 Å². The third kappa shape index (κ3) is 9.03. The van der Waals surface area contributed by atoms with Crippen LogP contribution in [0.2, 0.25) is 0 Å². The maximum atomic E-state index is 13.5. The summed E-state index contributed by atoms with van der Waals surface area (Å²) in [6.07, 6.45) is 4.29. The van der Waals surface area contributed by atoms with Crippen molar-refractivity contribution in [3.8, 4) is 5.75 Å². The molecule has 5 N–H and O–H groups in total. The van der Waals surface area contributed by atoms with E-state index in [1.807, 2.05) is 4.72 Å². The second-order valence-electron chi connectivity index (χ2n) is 10.3. The molecular formula is C27H37FN6O8S. The third-order valence-electron chi connectivity index (χ3n) is 7.02. The van der Waals surface area contributed by atoms with Gasteiger partial charge in [0, 0.05) is 6.42 Å². The summed E-state index contributed by atoms with van der Waals surface area (Å²) in [4.78, 5) is 24.1. The minimum atomic E-state index is -4.46. The number of ether oxygens (including phenoxy) is 2. The summed E-state index contributed by atoms with van der Waals surface area (Å²) in [7, 11) is -4.46. The van der Waals surface area contributed by atoms with E-state index in [4.69, 9.17) is 19.4 Å². The lowest BCUT2D eigenvalue weighted by molar-refractivity contribution is -0.119. The van der Waals surface area contributed by atoms with Gasteiger partial charge in [-0.25, -0.2) is 24.1 Å². The van der Waals surface area contributed by atoms with E-state index in [1.54, 1.807) is 18.2 Å². The van der Waals surface area contributed by atoms with E-state index in [2.05, 4.69) is 15.0 Å². The molecule has 4 atom stereocenters. The number of aliphatic hydroxyl groups excluding tert-OH is 2. The van der Waals surface area contributed by atoms with Crippen LogP contribution in [0.5, 0.6) is 5.75 Å². The van der Waals surface area contributed by atoms with Crippen molar-refractivity contribution in [2.75, 3.05) is 18.9 Å². The molecule has 1 saturated heterocycles. The van der Waals surface area contributed by atoms with Crippen LogP contribution >= 0.6 is 0 Å². The zero-order valence-corrected chi connectivity index (χ0v) is 24.4. The summed E-state index contributed by atoms with van der Waals surface area (Å²) < 4.78 is 57.1. The number of carbonyl (C=O) groups is 1. The number of imidazole rings is 1. The standard InChI is InChI=1S/C27H37FN6O8S/c28-18-11-8-9-12-19(18)40-14-10-6-4-2-1-3-5-7-13-21(35)33-43(38,39)41-15-20-23(36)24(37)27(42-20)34-17-32-22-25(29)30-16-31-26(22)34/h8-9,11-12,16-17,20,23-24,27,36-37H,1-7,10,13-15H2,(H,33,35)(H2,29,30,31)/t20-,23-,24-,27-/m1/s1. The van der Waals surface area contributed by atoms with Crippen molar-refractivity contribution >= 4 is 33.2 Å². The number of amides is 1. The van der Waals surface area contributed by atoms with Crippen LogP contribution in [0, 0.1) is 5.82 Å². The molecule has 14 nitrogen and oxygen atoms in total. The van der Waals surface area contributed by atoms with Crippen LogP contribution in [-0.4, -0.2) is 75.6 Å². The fourth-order valence-electron chi connectivity index (χ4n) is 4.72. The van der Waals surface area contributed by atoms with E-state index >= 15 is 0 Å². The molecule has 0 aliphatic carbocycles. The van der Waals surface area contributed by atoms with E-state index in [0.717, 1.165) is 44.9 Å². The fourth-order valence-corrected chi connectivity index (χ4v) is 5.47. The molecule has 3 heterocycles. The Morgan fingerprint density at radius 3 is 2.47 bits per heavy atom. The highest BCUT2D eigenvalue weighted by Gasteiger charge is 2.45. The molecule has 0 bridgehead atoms. The van der Waals surface area contributed by atoms with Crippen molar-refractivity contribution in [3.63, 3.8) is 0 Å². The average Bonchev–Trinajstić information content (AvgIpc) is 3.52. The number of aromatic nitrogens is 4. The van der Waals surface area contributed by atoms with E-state index in [-0.39, 0.29) is 35.0 Å². The number of nitrogens with two attached hydrogens (primary N) is 1. The number of para-hydroxylation sites is 1. The molecule has 1 amide bonds. The number of nitrogens with one attached hydrogen (secondary N) is 1. The lowest BCUT2D eigenvalue weighted by atomic mass is 10.1. The Kier molecular flexibility index (Phi) is 11.6. The first-order chi connectivity index (χ1) is 20.7. The molecule has 1 aromatic carbocycles. The summed E-state index contributed by atoms with van der Waals surface area (Å²) in [5.74, 6) is -0.680. The van der Waals surface area contributed by atoms with Gasteiger partial charge in [0.1, 0.15) is 30.2 Å². The van der Waals surface area contributed by atoms with Gasteiger partial charge in [0.15, 0.2) is 29.3 Å². The van der Waals surface area contributed by atoms with Crippen molar-refractivity contribution in [1.82, 2.24) is 24.2 Å². The van der Waals surface area contributed by atoms with Gasteiger partial charge in [-0.2, -0.15) is 8.42 Å². The number of unbranched alkanes of at least 4 members (excludes halogenated alkanes) is 7. The number of rotatable bonds is 17. The van der Waals surface area contributed by atoms with E-state index in [1.165, 1.54) is 23.3 Å². The van der Waals surface area contributed by atoms with Crippen molar-refractivity contribution in [1.29, 1.82) is 0 Å². The molecule has 1 aliphatic rings. The topological polar surface area (TPSA) is 201 Å². The number of hydrogen-bond donors (Lipinski definition) is 4. The number of hydrogen-bond acceptors (Lipinski definition) is 12. The summed E-state index contributed by atoms with van der Waals surface area (Å²) >= 11 is 0. The number of nitrogen functional groups attached to an aromatic ring is 1. The van der Waals surface area contributed by atoms with E-state index in [9.17, 15) is 27.8 Å². The maximum Gasteiger partial charge on any atom is 0.362 e. The highest BCUT2D eigenvalue weighted by atomic mass is 32.2. The van der Waals surface area contributed by atoms with Gasteiger partial charge in [-0.05, 0) is 25.0 Å². The molecular weight excluding hydrogens is 587 g/mol. The molecule has 0 spiro atoms. The van der Waals surface area contributed by atoms with Crippen molar-refractivity contribution < 1.29 is 41.5 Å². The number of nitrogens with zero attached hydrogens (tertiary/aromatic N) is 4. The minimum absolute atomic E-state index is 0.0119. The molecule has 3 aromatic rings. The lowest BCUT2D eigenvalue weighted by Gasteiger charge is -2.16. The van der Waals surface area contributed by atoms with Gasteiger partial charge >= 0.3 is 10.3 Å². The predicted molar refractivity (Wildman–Crippen MR) is 152 cm³/mol. The second kappa shape index (κ2) is 15.3.